The highest BCUT2D eigenvalue weighted by atomic mass is 35.5. The molecule has 0 saturated carbocycles. The van der Waals surface area contributed by atoms with Crippen LogP contribution in [0, 0.1) is 0 Å². The fourth-order valence-electron chi connectivity index (χ4n) is 0.841. The van der Waals surface area contributed by atoms with E-state index >= 15 is 0 Å². The van der Waals surface area contributed by atoms with Gasteiger partial charge in [-0.25, -0.2) is 8.78 Å². The van der Waals surface area contributed by atoms with Crippen LogP contribution in [0.25, 0.3) is 0 Å². The Hall–Kier alpha value is -0.640. The molecule has 62 valence electrons. The van der Waals surface area contributed by atoms with Crippen LogP contribution in [0.3, 0.4) is 0 Å². The first kappa shape index (κ1) is 8.46. The second-order valence-electron chi connectivity index (χ2n) is 2.15. The molecule has 0 aliphatic heterocycles. The lowest BCUT2D eigenvalue weighted by Gasteiger charge is -1.93. The third-order valence-corrected chi connectivity index (χ3v) is 1.58. The molecule has 2 nitrogen and oxygen atoms in total. The van der Waals surface area contributed by atoms with Crippen LogP contribution in [0.4, 0.5) is 8.78 Å². The van der Waals surface area contributed by atoms with Crippen molar-refractivity contribution in [2.45, 2.75) is 12.3 Å². The van der Waals surface area contributed by atoms with E-state index in [1.54, 1.807) is 7.05 Å². The second kappa shape index (κ2) is 3.17. The number of nitrogens with zero attached hydrogens (tertiary/aromatic N) is 2. The maximum atomic E-state index is 12.1. The molecule has 1 heterocycles. The molecule has 0 unspecified atom stereocenters. The van der Waals surface area contributed by atoms with E-state index in [0.717, 1.165) is 0 Å². The van der Waals surface area contributed by atoms with Crippen molar-refractivity contribution < 1.29 is 8.78 Å². The van der Waals surface area contributed by atoms with Crippen molar-refractivity contribution in [3.8, 4) is 0 Å². The van der Waals surface area contributed by atoms with Gasteiger partial charge in [0.05, 0.1) is 5.88 Å². The normalized spacial score (nSPS) is 11.0. The number of aromatic nitrogens is 2. The van der Waals surface area contributed by atoms with Gasteiger partial charge in [0.1, 0.15) is 5.69 Å². The molecular weight excluding hydrogens is 174 g/mol. The van der Waals surface area contributed by atoms with Crippen molar-refractivity contribution in [2.24, 2.45) is 7.05 Å². The average Bonchev–Trinajstić information content (AvgIpc) is 2.30. The zero-order chi connectivity index (χ0) is 8.43. The Morgan fingerprint density at radius 3 is 2.73 bits per heavy atom. The summed E-state index contributed by atoms with van der Waals surface area (Å²) >= 11 is 5.40. The Morgan fingerprint density at radius 2 is 2.36 bits per heavy atom. The summed E-state index contributed by atoms with van der Waals surface area (Å²) < 4.78 is 25.5. The molecule has 1 aromatic heterocycles. The molecule has 0 spiro atoms. The molecule has 11 heavy (non-hydrogen) atoms. The highest BCUT2D eigenvalue weighted by Crippen LogP contribution is 2.21. The number of hydrogen-bond donors (Lipinski definition) is 0. The molecule has 0 atom stereocenters. The average molecular weight is 181 g/mol. The quantitative estimate of drug-likeness (QED) is 0.638. The minimum atomic E-state index is -2.54. The van der Waals surface area contributed by atoms with Crippen LogP contribution in [0.15, 0.2) is 6.20 Å². The lowest BCUT2D eigenvalue weighted by Crippen LogP contribution is -1.91. The van der Waals surface area contributed by atoms with Crippen molar-refractivity contribution in [1.82, 2.24) is 9.78 Å². The molecule has 0 radical (unpaired) electrons. The van der Waals surface area contributed by atoms with Gasteiger partial charge in [-0.05, 0) is 0 Å². The van der Waals surface area contributed by atoms with Crippen molar-refractivity contribution in [2.75, 3.05) is 0 Å². The first-order chi connectivity index (χ1) is 5.15. The molecule has 0 amide bonds. The summed E-state index contributed by atoms with van der Waals surface area (Å²) in [6, 6.07) is 0. The Bertz CT molecular complexity index is 247. The van der Waals surface area contributed by atoms with E-state index in [0.29, 0.717) is 5.56 Å². The molecule has 0 aliphatic carbocycles. The number of alkyl halides is 3. The van der Waals surface area contributed by atoms with Gasteiger partial charge in [0, 0.05) is 18.8 Å². The highest BCUT2D eigenvalue weighted by Gasteiger charge is 2.15. The minimum absolute atomic E-state index is 0.0769. The van der Waals surface area contributed by atoms with Crippen molar-refractivity contribution >= 4 is 11.6 Å². The molecule has 0 aliphatic rings. The zero-order valence-corrected chi connectivity index (χ0v) is 6.65. The van der Waals surface area contributed by atoms with E-state index < -0.39 is 6.43 Å². The fraction of sp³-hybridized carbons (Fsp3) is 0.500. The summed E-state index contributed by atoms with van der Waals surface area (Å²) in [5.41, 5.74) is 0.173. The largest absolute Gasteiger partial charge is 0.282 e. The van der Waals surface area contributed by atoms with Gasteiger partial charge in [-0.3, -0.25) is 4.68 Å². The Kier molecular flexibility index (Phi) is 2.44. The van der Waals surface area contributed by atoms with E-state index in [1.165, 1.54) is 10.9 Å². The third kappa shape index (κ3) is 1.68. The van der Waals surface area contributed by atoms with Gasteiger partial charge in [-0.15, -0.1) is 11.6 Å². The van der Waals surface area contributed by atoms with Crippen LogP contribution in [-0.4, -0.2) is 9.78 Å². The summed E-state index contributed by atoms with van der Waals surface area (Å²) in [6.07, 6.45) is -1.04. The summed E-state index contributed by atoms with van der Waals surface area (Å²) in [5.74, 6) is 0.0769. The van der Waals surface area contributed by atoms with Crippen LogP contribution >= 0.6 is 11.6 Å². The van der Waals surface area contributed by atoms with E-state index in [9.17, 15) is 8.78 Å². The monoisotopic (exact) mass is 180 g/mol. The Morgan fingerprint density at radius 1 is 1.73 bits per heavy atom. The molecule has 1 rings (SSSR count). The van der Waals surface area contributed by atoms with Crippen molar-refractivity contribution in [3.05, 3.63) is 17.5 Å². The molecule has 0 aromatic carbocycles. The van der Waals surface area contributed by atoms with E-state index in [-0.39, 0.29) is 11.6 Å². The summed E-state index contributed by atoms with van der Waals surface area (Å²) in [4.78, 5) is 0. The van der Waals surface area contributed by atoms with Gasteiger partial charge in [0.2, 0.25) is 0 Å². The van der Waals surface area contributed by atoms with E-state index in [4.69, 9.17) is 11.6 Å². The molecular formula is C6H7ClF2N2. The molecule has 0 saturated heterocycles. The van der Waals surface area contributed by atoms with Crippen molar-refractivity contribution in [3.63, 3.8) is 0 Å². The smallest absolute Gasteiger partial charge is 0.275 e. The lowest BCUT2D eigenvalue weighted by molar-refractivity contribution is 0.144. The Labute approximate surface area is 67.8 Å². The van der Waals surface area contributed by atoms with Gasteiger partial charge in [0.15, 0.2) is 0 Å². The molecule has 0 bridgehead atoms. The Balaban J connectivity index is 3.02. The van der Waals surface area contributed by atoms with Gasteiger partial charge in [0.25, 0.3) is 6.43 Å². The third-order valence-electron chi connectivity index (χ3n) is 1.29. The zero-order valence-electron chi connectivity index (χ0n) is 5.89. The van der Waals surface area contributed by atoms with Gasteiger partial charge >= 0.3 is 0 Å². The summed E-state index contributed by atoms with van der Waals surface area (Å²) in [7, 11) is 1.59. The standard InChI is InChI=1S/C6H7ClF2N2/c1-11-3-4(2-7)5(10-11)6(8)9/h3,6H,2H2,1H3. The van der Waals surface area contributed by atoms with E-state index in [2.05, 4.69) is 5.10 Å². The molecule has 0 fully saturated rings. The number of hydrogen-bond acceptors (Lipinski definition) is 1. The lowest BCUT2D eigenvalue weighted by atomic mass is 10.3. The summed E-state index contributed by atoms with van der Waals surface area (Å²) in [5, 5.41) is 3.56. The highest BCUT2D eigenvalue weighted by molar-refractivity contribution is 6.17. The number of rotatable bonds is 2. The second-order valence-corrected chi connectivity index (χ2v) is 2.41. The van der Waals surface area contributed by atoms with Gasteiger partial charge in [-0.1, -0.05) is 0 Å². The molecule has 5 heteroatoms. The maximum Gasteiger partial charge on any atom is 0.282 e. The van der Waals surface area contributed by atoms with Crippen LogP contribution in [0.5, 0.6) is 0 Å². The minimum Gasteiger partial charge on any atom is -0.275 e. The van der Waals surface area contributed by atoms with Gasteiger partial charge in [-0.2, -0.15) is 5.10 Å². The van der Waals surface area contributed by atoms with Crippen LogP contribution in [0.1, 0.15) is 17.7 Å². The SMILES string of the molecule is Cn1cc(CCl)c(C(F)F)n1. The predicted molar refractivity (Wildman–Crippen MR) is 37.7 cm³/mol. The van der Waals surface area contributed by atoms with Crippen molar-refractivity contribution in [1.29, 1.82) is 0 Å². The van der Waals surface area contributed by atoms with Crippen LogP contribution in [0.2, 0.25) is 0 Å². The fourth-order valence-corrected chi connectivity index (χ4v) is 1.05. The number of aryl methyl sites for hydroxylation is 1. The molecule has 1 aromatic rings. The predicted octanol–water partition coefficient (Wildman–Crippen LogP) is 2.10. The van der Waals surface area contributed by atoms with E-state index in [1.807, 2.05) is 0 Å². The summed E-state index contributed by atoms with van der Waals surface area (Å²) in [6.45, 7) is 0. The molecule has 0 N–H and O–H groups in total. The van der Waals surface area contributed by atoms with Crippen LogP contribution < -0.4 is 0 Å². The van der Waals surface area contributed by atoms with Gasteiger partial charge < -0.3 is 0 Å². The first-order valence-electron chi connectivity index (χ1n) is 3.01. The number of halogens is 3. The first-order valence-corrected chi connectivity index (χ1v) is 3.55. The van der Waals surface area contributed by atoms with Crippen LogP contribution in [-0.2, 0) is 12.9 Å². The maximum absolute atomic E-state index is 12.1. The topological polar surface area (TPSA) is 17.8 Å².